The highest BCUT2D eigenvalue weighted by Gasteiger charge is 2.32. The molecule has 1 fully saturated rings. The zero-order valence-corrected chi connectivity index (χ0v) is 23.6. The van der Waals surface area contributed by atoms with E-state index in [1.54, 1.807) is 12.1 Å². The highest BCUT2D eigenvalue weighted by molar-refractivity contribution is 6.09. The van der Waals surface area contributed by atoms with Gasteiger partial charge in [-0.15, -0.1) is 0 Å². The van der Waals surface area contributed by atoms with Crippen LogP contribution in [0.3, 0.4) is 0 Å². The Morgan fingerprint density at radius 2 is 1.89 bits per heavy atom. The lowest BCUT2D eigenvalue weighted by Gasteiger charge is -2.29. The van der Waals surface area contributed by atoms with E-state index in [-0.39, 0.29) is 17.2 Å². The molecule has 1 aromatic carbocycles. The summed E-state index contributed by atoms with van der Waals surface area (Å²) in [6, 6.07) is 5.40. The topological polar surface area (TPSA) is 108 Å². The van der Waals surface area contributed by atoms with Crippen LogP contribution in [-0.4, -0.2) is 53.3 Å². The molecule has 7 nitrogen and oxygen atoms in total. The lowest BCUT2D eigenvalue weighted by molar-refractivity contribution is -0.132. The van der Waals surface area contributed by atoms with Crippen molar-refractivity contribution < 1.29 is 24.1 Å². The van der Waals surface area contributed by atoms with Gasteiger partial charge in [0.05, 0.1) is 17.9 Å². The number of rotatable bonds is 6. The lowest BCUT2D eigenvalue weighted by atomic mass is 9.89. The van der Waals surface area contributed by atoms with Crippen molar-refractivity contribution in [2.24, 2.45) is 22.6 Å². The summed E-state index contributed by atoms with van der Waals surface area (Å²) in [6.45, 7) is 16.1. The molecule has 0 radical (unpaired) electrons. The lowest BCUT2D eigenvalue weighted by Crippen LogP contribution is -2.27. The van der Waals surface area contributed by atoms with E-state index in [1.807, 2.05) is 24.9 Å². The maximum absolute atomic E-state index is 14.3. The van der Waals surface area contributed by atoms with Crippen molar-refractivity contribution in [1.82, 2.24) is 4.90 Å². The van der Waals surface area contributed by atoms with Crippen LogP contribution in [0.2, 0.25) is 0 Å². The minimum atomic E-state index is -1.86. The number of aliphatic hydroxyl groups is 1. The standard InChI is InChI=1S/C26H32FN3O4.C4H10/c1-15(17-9-10-17)23(18-7-6-8-22(16(18)2)34-26(3,4)27)24-20(28)13-21(31)19(25(32)33)14-29-11-12-30(24)5;1-4(2)3/h6-8,13-14,17,31H,1,9-12,28H2,2-5H3,(H,32,33);4H,1-3H3/b20-13-,21-19-,24-23+,29-14?;. The zero-order chi connectivity index (χ0) is 28.8. The molecule has 1 saturated carbocycles. The number of alkyl halides is 1. The van der Waals surface area contributed by atoms with Crippen molar-refractivity contribution in [1.29, 1.82) is 0 Å². The number of nitrogens with zero attached hydrogens (tertiary/aromatic N) is 2. The number of aliphatic carboxylic acids is 1. The van der Waals surface area contributed by atoms with Crippen molar-refractivity contribution in [3.05, 3.63) is 70.3 Å². The SMILES string of the molecule is C=C(/C(=C1/C(N)=C/C(O)=C(/C(=O)O)C=NCCN1C)c1cccc(OC(C)(C)F)c1C)C1CC1.CC(C)C. The summed E-state index contributed by atoms with van der Waals surface area (Å²) in [5.41, 5.74) is 10.1. The van der Waals surface area contributed by atoms with Crippen molar-refractivity contribution in [3.8, 4) is 5.75 Å². The first-order valence-corrected chi connectivity index (χ1v) is 12.9. The predicted molar refractivity (Wildman–Crippen MR) is 152 cm³/mol. The summed E-state index contributed by atoms with van der Waals surface area (Å²) >= 11 is 0. The molecule has 0 atom stereocenters. The van der Waals surface area contributed by atoms with Gasteiger partial charge in [-0.2, -0.15) is 4.39 Å². The molecule has 1 aliphatic heterocycles. The molecule has 0 saturated heterocycles. The van der Waals surface area contributed by atoms with E-state index in [0.717, 1.165) is 47.2 Å². The second-order valence-electron chi connectivity index (χ2n) is 10.8. The molecule has 0 spiro atoms. The fourth-order valence-corrected chi connectivity index (χ4v) is 3.90. The molecule has 2 aliphatic rings. The average molecular weight is 528 g/mol. The minimum absolute atomic E-state index is 0.183. The van der Waals surface area contributed by atoms with Crippen LogP contribution in [0.25, 0.3) is 5.57 Å². The first-order valence-electron chi connectivity index (χ1n) is 12.9. The second-order valence-corrected chi connectivity index (χ2v) is 10.8. The van der Waals surface area contributed by atoms with Crippen molar-refractivity contribution >= 4 is 17.8 Å². The highest BCUT2D eigenvalue weighted by Crippen LogP contribution is 2.46. The molecule has 1 aromatic rings. The van der Waals surface area contributed by atoms with Crippen molar-refractivity contribution in [3.63, 3.8) is 0 Å². The van der Waals surface area contributed by atoms with Gasteiger partial charge in [-0.3, -0.25) is 4.99 Å². The Labute approximate surface area is 225 Å². The fourth-order valence-electron chi connectivity index (χ4n) is 3.90. The van der Waals surface area contributed by atoms with Gasteiger partial charge in [0.25, 0.3) is 0 Å². The molecule has 1 aliphatic carbocycles. The van der Waals surface area contributed by atoms with Crippen LogP contribution in [0.5, 0.6) is 5.75 Å². The quantitative estimate of drug-likeness (QED) is 0.408. The number of carboxylic acids is 1. The van der Waals surface area contributed by atoms with E-state index in [1.165, 1.54) is 19.9 Å². The molecule has 0 aromatic heterocycles. The Hall–Kier alpha value is -3.55. The Morgan fingerprint density at radius 3 is 2.42 bits per heavy atom. The first kappa shape index (κ1) is 30.7. The van der Waals surface area contributed by atoms with E-state index >= 15 is 0 Å². The number of allylic oxidation sites excluding steroid dienone is 3. The van der Waals surface area contributed by atoms with Gasteiger partial charge >= 0.3 is 5.97 Å². The van der Waals surface area contributed by atoms with Gasteiger partial charge in [0.1, 0.15) is 17.1 Å². The van der Waals surface area contributed by atoms with Gasteiger partial charge in [0.2, 0.25) is 5.85 Å². The first-order chi connectivity index (χ1) is 17.6. The predicted octanol–water partition coefficient (Wildman–Crippen LogP) is 6.17. The largest absolute Gasteiger partial charge is 0.507 e. The van der Waals surface area contributed by atoms with Crippen LogP contribution in [-0.2, 0) is 4.79 Å². The summed E-state index contributed by atoms with van der Waals surface area (Å²) in [4.78, 5) is 17.6. The van der Waals surface area contributed by atoms with E-state index in [0.29, 0.717) is 24.5 Å². The number of likely N-dealkylation sites (N-methyl/N-ethyl adjacent to an activating group) is 1. The molecule has 38 heavy (non-hydrogen) atoms. The number of aliphatic hydroxyl groups excluding tert-OH is 1. The summed E-state index contributed by atoms with van der Waals surface area (Å²) in [6.07, 6.45) is 4.35. The van der Waals surface area contributed by atoms with Gasteiger partial charge in [-0.1, -0.05) is 39.5 Å². The number of hydrogen-bond acceptors (Lipinski definition) is 6. The number of hydrogen-bond donors (Lipinski definition) is 3. The van der Waals surface area contributed by atoms with Crippen LogP contribution in [0.15, 0.2) is 64.1 Å². The number of carboxylic acid groups (broad SMARTS) is 1. The van der Waals surface area contributed by atoms with Gasteiger partial charge in [0, 0.05) is 45.3 Å². The van der Waals surface area contributed by atoms with E-state index in [2.05, 4.69) is 32.3 Å². The third kappa shape index (κ3) is 8.50. The van der Waals surface area contributed by atoms with Gasteiger partial charge < -0.3 is 25.6 Å². The molecular formula is C30H42FN3O4. The minimum Gasteiger partial charge on any atom is -0.507 e. The van der Waals surface area contributed by atoms with Crippen LogP contribution < -0.4 is 10.5 Å². The molecule has 0 unspecified atom stereocenters. The van der Waals surface area contributed by atoms with Crippen LogP contribution in [0, 0.1) is 18.8 Å². The number of halogens is 1. The number of nitrogens with two attached hydrogens (primary N) is 1. The van der Waals surface area contributed by atoms with E-state index < -0.39 is 17.6 Å². The van der Waals surface area contributed by atoms with E-state index in [4.69, 9.17) is 10.5 Å². The monoisotopic (exact) mass is 527 g/mol. The molecular weight excluding hydrogens is 485 g/mol. The average Bonchev–Trinajstić information content (AvgIpc) is 3.62. The van der Waals surface area contributed by atoms with Gasteiger partial charge in [-0.05, 0) is 54.4 Å². The number of benzene rings is 1. The molecule has 0 bridgehead atoms. The second kappa shape index (κ2) is 12.8. The smallest absolute Gasteiger partial charge is 0.341 e. The maximum Gasteiger partial charge on any atom is 0.341 e. The molecule has 1 heterocycles. The van der Waals surface area contributed by atoms with Crippen LogP contribution in [0.4, 0.5) is 4.39 Å². The number of carbonyl (C=O) groups is 1. The summed E-state index contributed by atoms with van der Waals surface area (Å²) in [5, 5.41) is 19.9. The Kier molecular flexibility index (Phi) is 10.3. The molecule has 4 N–H and O–H groups in total. The van der Waals surface area contributed by atoms with E-state index in [9.17, 15) is 19.4 Å². The molecule has 3 rings (SSSR count). The summed E-state index contributed by atoms with van der Waals surface area (Å²) in [5.74, 6) is -2.15. The van der Waals surface area contributed by atoms with Crippen molar-refractivity contribution in [2.45, 2.75) is 60.2 Å². The van der Waals surface area contributed by atoms with Crippen molar-refractivity contribution in [2.75, 3.05) is 20.1 Å². The third-order valence-corrected chi connectivity index (χ3v) is 5.77. The summed E-state index contributed by atoms with van der Waals surface area (Å²) in [7, 11) is 1.85. The molecule has 0 amide bonds. The fraction of sp³-hybridized carbons (Fsp3) is 0.467. The Balaban J connectivity index is 0.00000118. The number of ether oxygens (including phenoxy) is 1. The highest BCUT2D eigenvalue weighted by atomic mass is 19.2. The van der Waals surface area contributed by atoms with Crippen LogP contribution >= 0.6 is 0 Å². The Bertz CT molecular complexity index is 1170. The van der Waals surface area contributed by atoms with Gasteiger partial charge in [0.15, 0.2) is 0 Å². The summed E-state index contributed by atoms with van der Waals surface area (Å²) < 4.78 is 19.9. The Morgan fingerprint density at radius 1 is 1.29 bits per heavy atom. The molecule has 8 heteroatoms. The maximum atomic E-state index is 14.3. The van der Waals surface area contributed by atoms with Crippen LogP contribution in [0.1, 0.15) is 58.6 Å². The third-order valence-electron chi connectivity index (χ3n) is 5.77. The molecule has 208 valence electrons. The zero-order valence-electron chi connectivity index (χ0n) is 23.6. The van der Waals surface area contributed by atoms with Gasteiger partial charge in [-0.25, -0.2) is 4.79 Å². The normalized spacial score (nSPS) is 21.2. The number of aliphatic imine (C=N–C) groups is 1.